The smallest absolute Gasteiger partial charge is 0.317 e. The van der Waals surface area contributed by atoms with E-state index in [1.54, 1.807) is 6.92 Å². The maximum atomic E-state index is 10.5. The van der Waals surface area contributed by atoms with Crippen LogP contribution in [0.5, 0.6) is 0 Å². The van der Waals surface area contributed by atoms with Crippen molar-refractivity contribution in [3.63, 3.8) is 0 Å². The highest BCUT2D eigenvalue weighted by Gasteiger charge is 2.16. The van der Waals surface area contributed by atoms with Crippen LogP contribution in [0.3, 0.4) is 0 Å². The second-order valence-electron chi connectivity index (χ2n) is 2.39. The molecule has 0 aliphatic rings. The third-order valence-electron chi connectivity index (χ3n) is 1.46. The Labute approximate surface area is 64.8 Å². The van der Waals surface area contributed by atoms with Gasteiger partial charge in [-0.1, -0.05) is 0 Å². The summed E-state index contributed by atoms with van der Waals surface area (Å²) in [5.74, 6) is -1.49. The molecule has 0 radical (unpaired) electrons. The SMILES string of the molecule is CC(C(N)=O)N(C)CC(=O)O. The predicted molar refractivity (Wildman–Crippen MR) is 38.9 cm³/mol. The number of hydrogen-bond acceptors (Lipinski definition) is 3. The van der Waals surface area contributed by atoms with Gasteiger partial charge in [0.05, 0.1) is 12.6 Å². The van der Waals surface area contributed by atoms with Crippen molar-refractivity contribution >= 4 is 11.9 Å². The Hall–Kier alpha value is -1.10. The van der Waals surface area contributed by atoms with Gasteiger partial charge in [0.25, 0.3) is 0 Å². The lowest BCUT2D eigenvalue weighted by Gasteiger charge is -2.18. The molecule has 1 atom stereocenters. The van der Waals surface area contributed by atoms with E-state index in [1.807, 2.05) is 0 Å². The second-order valence-corrected chi connectivity index (χ2v) is 2.39. The van der Waals surface area contributed by atoms with Gasteiger partial charge in [0.2, 0.25) is 5.91 Å². The lowest BCUT2D eigenvalue weighted by atomic mass is 10.3. The first kappa shape index (κ1) is 9.90. The van der Waals surface area contributed by atoms with Crippen LogP contribution in [-0.2, 0) is 9.59 Å². The topological polar surface area (TPSA) is 83.6 Å². The van der Waals surface area contributed by atoms with Crippen molar-refractivity contribution in [2.45, 2.75) is 13.0 Å². The van der Waals surface area contributed by atoms with E-state index in [2.05, 4.69) is 0 Å². The number of carbonyl (C=O) groups excluding carboxylic acids is 1. The number of primary amides is 1. The molecule has 0 aliphatic heterocycles. The summed E-state index contributed by atoms with van der Waals surface area (Å²) >= 11 is 0. The maximum Gasteiger partial charge on any atom is 0.317 e. The van der Waals surface area contributed by atoms with Crippen LogP contribution in [0.1, 0.15) is 6.92 Å². The van der Waals surface area contributed by atoms with E-state index in [0.29, 0.717) is 0 Å². The Morgan fingerprint density at radius 3 is 2.36 bits per heavy atom. The van der Waals surface area contributed by atoms with Gasteiger partial charge in [-0.3, -0.25) is 14.5 Å². The molecule has 0 saturated heterocycles. The van der Waals surface area contributed by atoms with E-state index in [-0.39, 0.29) is 6.54 Å². The van der Waals surface area contributed by atoms with Crippen LogP contribution in [0.15, 0.2) is 0 Å². The van der Waals surface area contributed by atoms with Crippen molar-refractivity contribution in [2.75, 3.05) is 13.6 Å². The normalized spacial score (nSPS) is 13.0. The minimum atomic E-state index is -0.972. The largest absolute Gasteiger partial charge is 0.480 e. The second kappa shape index (κ2) is 3.92. The van der Waals surface area contributed by atoms with E-state index in [1.165, 1.54) is 11.9 Å². The number of nitrogens with zero attached hydrogens (tertiary/aromatic N) is 1. The van der Waals surface area contributed by atoms with Crippen molar-refractivity contribution in [3.05, 3.63) is 0 Å². The van der Waals surface area contributed by atoms with Gasteiger partial charge in [-0.2, -0.15) is 0 Å². The molecule has 5 heteroatoms. The number of hydrogen-bond donors (Lipinski definition) is 2. The highest BCUT2D eigenvalue weighted by Crippen LogP contribution is 1.92. The standard InChI is InChI=1S/C6H12N2O3/c1-4(6(7)11)8(2)3-5(9)10/h4H,3H2,1-2H3,(H2,7,11)(H,9,10). The summed E-state index contributed by atoms with van der Waals surface area (Å²) in [6.07, 6.45) is 0. The first-order valence-electron chi connectivity index (χ1n) is 3.16. The van der Waals surface area contributed by atoms with E-state index in [4.69, 9.17) is 10.8 Å². The number of carboxylic acids is 1. The molecular formula is C6H12N2O3. The monoisotopic (exact) mass is 160 g/mol. The maximum absolute atomic E-state index is 10.5. The fourth-order valence-electron chi connectivity index (χ4n) is 0.567. The lowest BCUT2D eigenvalue weighted by Crippen LogP contribution is -2.42. The summed E-state index contributed by atoms with van der Waals surface area (Å²) < 4.78 is 0. The molecule has 64 valence electrons. The Morgan fingerprint density at radius 2 is 2.09 bits per heavy atom. The average molecular weight is 160 g/mol. The van der Waals surface area contributed by atoms with Crippen LogP contribution in [-0.4, -0.2) is 41.5 Å². The van der Waals surface area contributed by atoms with Crippen molar-refractivity contribution in [3.8, 4) is 0 Å². The number of aliphatic carboxylic acids is 1. The number of likely N-dealkylation sites (N-methyl/N-ethyl adjacent to an activating group) is 1. The molecule has 1 amide bonds. The van der Waals surface area contributed by atoms with Crippen molar-refractivity contribution in [2.24, 2.45) is 5.73 Å². The van der Waals surface area contributed by atoms with Gasteiger partial charge in [0.1, 0.15) is 0 Å². The van der Waals surface area contributed by atoms with E-state index >= 15 is 0 Å². The van der Waals surface area contributed by atoms with Crippen LogP contribution >= 0.6 is 0 Å². The van der Waals surface area contributed by atoms with Gasteiger partial charge in [-0.05, 0) is 14.0 Å². The molecule has 0 saturated carbocycles. The number of amides is 1. The molecular weight excluding hydrogens is 148 g/mol. The Balaban J connectivity index is 3.92. The summed E-state index contributed by atoms with van der Waals surface area (Å²) in [6.45, 7) is 1.38. The van der Waals surface area contributed by atoms with Gasteiger partial charge in [0, 0.05) is 0 Å². The zero-order valence-corrected chi connectivity index (χ0v) is 6.57. The number of carboxylic acid groups (broad SMARTS) is 1. The van der Waals surface area contributed by atoms with Crippen molar-refractivity contribution in [1.29, 1.82) is 0 Å². The van der Waals surface area contributed by atoms with Crippen molar-refractivity contribution < 1.29 is 14.7 Å². The molecule has 0 aliphatic carbocycles. The van der Waals surface area contributed by atoms with E-state index in [0.717, 1.165) is 0 Å². The predicted octanol–water partition coefficient (Wildman–Crippen LogP) is -1.12. The van der Waals surface area contributed by atoms with Gasteiger partial charge in [-0.25, -0.2) is 0 Å². The minimum Gasteiger partial charge on any atom is -0.480 e. The summed E-state index contributed by atoms with van der Waals surface area (Å²) in [6, 6.07) is -0.536. The number of carbonyl (C=O) groups is 2. The Morgan fingerprint density at radius 1 is 1.64 bits per heavy atom. The lowest BCUT2D eigenvalue weighted by molar-refractivity contribution is -0.139. The molecule has 0 aromatic carbocycles. The zero-order valence-electron chi connectivity index (χ0n) is 6.57. The highest BCUT2D eigenvalue weighted by atomic mass is 16.4. The molecule has 0 aromatic rings. The van der Waals surface area contributed by atoms with Crippen LogP contribution in [0.4, 0.5) is 0 Å². The summed E-state index contributed by atoms with van der Waals surface area (Å²) in [5, 5.41) is 8.32. The van der Waals surface area contributed by atoms with E-state index in [9.17, 15) is 9.59 Å². The molecule has 11 heavy (non-hydrogen) atoms. The highest BCUT2D eigenvalue weighted by molar-refractivity contribution is 5.80. The molecule has 0 bridgehead atoms. The van der Waals surface area contributed by atoms with Gasteiger partial charge in [0.15, 0.2) is 0 Å². The molecule has 1 unspecified atom stereocenters. The van der Waals surface area contributed by atoms with Crippen molar-refractivity contribution in [1.82, 2.24) is 4.90 Å². The van der Waals surface area contributed by atoms with Crippen LogP contribution < -0.4 is 5.73 Å². The molecule has 5 nitrogen and oxygen atoms in total. The molecule has 0 rings (SSSR count). The van der Waals surface area contributed by atoms with Crippen LogP contribution in [0.2, 0.25) is 0 Å². The van der Waals surface area contributed by atoms with Gasteiger partial charge >= 0.3 is 5.97 Å². The number of rotatable bonds is 4. The molecule has 0 heterocycles. The third-order valence-corrected chi connectivity index (χ3v) is 1.46. The fourth-order valence-corrected chi connectivity index (χ4v) is 0.567. The zero-order chi connectivity index (χ0) is 9.02. The quantitative estimate of drug-likeness (QED) is 0.545. The Kier molecular flexibility index (Phi) is 3.53. The summed E-state index contributed by atoms with van der Waals surface area (Å²) in [7, 11) is 1.53. The molecule has 0 fully saturated rings. The molecule has 0 spiro atoms. The first-order chi connectivity index (χ1) is 4.95. The van der Waals surface area contributed by atoms with Gasteiger partial charge in [-0.15, -0.1) is 0 Å². The summed E-state index contributed by atoms with van der Waals surface area (Å²) in [4.78, 5) is 22.0. The number of nitrogens with two attached hydrogens (primary N) is 1. The first-order valence-corrected chi connectivity index (χ1v) is 3.16. The molecule has 3 N–H and O–H groups in total. The third kappa shape index (κ3) is 3.57. The van der Waals surface area contributed by atoms with Crippen LogP contribution in [0, 0.1) is 0 Å². The summed E-state index contributed by atoms with van der Waals surface area (Å²) in [5.41, 5.74) is 4.94. The van der Waals surface area contributed by atoms with E-state index < -0.39 is 17.9 Å². The average Bonchev–Trinajstić information content (AvgIpc) is 1.84. The Bertz CT molecular complexity index is 169. The van der Waals surface area contributed by atoms with Crippen LogP contribution in [0.25, 0.3) is 0 Å². The van der Waals surface area contributed by atoms with Gasteiger partial charge < -0.3 is 10.8 Å². The minimum absolute atomic E-state index is 0.176. The fraction of sp³-hybridized carbons (Fsp3) is 0.667. The molecule has 0 aromatic heterocycles.